The van der Waals surface area contributed by atoms with Gasteiger partial charge in [0.1, 0.15) is 12.4 Å². The number of aromatic nitrogens is 2. The smallest absolute Gasteiger partial charge is 0.227 e. The van der Waals surface area contributed by atoms with E-state index in [2.05, 4.69) is 16.0 Å². The maximum Gasteiger partial charge on any atom is 0.227 e. The minimum Gasteiger partial charge on any atom is -0.491 e. The second kappa shape index (κ2) is 7.35. The lowest BCUT2D eigenvalue weighted by atomic mass is 10.0. The lowest BCUT2D eigenvalue weighted by Crippen LogP contribution is -2.33. The Morgan fingerprint density at radius 1 is 0.962 bits per heavy atom. The van der Waals surface area contributed by atoms with Gasteiger partial charge in [-0.05, 0) is 53.1 Å². The third-order valence-corrected chi connectivity index (χ3v) is 4.51. The van der Waals surface area contributed by atoms with Crippen LogP contribution in [0.5, 0.6) is 5.75 Å². The number of rotatable bonds is 3. The van der Waals surface area contributed by atoms with Gasteiger partial charge in [0.05, 0.1) is 13.0 Å². The molecule has 0 N–H and O–H groups in total. The third kappa shape index (κ3) is 3.57. The van der Waals surface area contributed by atoms with Gasteiger partial charge in [-0.3, -0.25) is 14.8 Å². The number of ether oxygens (including phenoxy) is 1. The highest BCUT2D eigenvalue weighted by atomic mass is 16.5. The van der Waals surface area contributed by atoms with Crippen LogP contribution in [0.15, 0.2) is 67.3 Å². The molecule has 0 spiro atoms. The van der Waals surface area contributed by atoms with Gasteiger partial charge < -0.3 is 9.64 Å². The molecule has 1 aliphatic heterocycles. The standard InChI is InChI=1S/C21H19N3O2/c25-21(13-16-3-7-22-8-4-16)24-11-12-26-20-2-1-18(14-19(20)15-24)17-5-9-23-10-6-17/h1-10,14H,11-13,15H2. The van der Waals surface area contributed by atoms with Gasteiger partial charge in [-0.2, -0.15) is 0 Å². The highest BCUT2D eigenvalue weighted by Crippen LogP contribution is 2.29. The zero-order valence-corrected chi connectivity index (χ0v) is 14.3. The monoisotopic (exact) mass is 345 g/mol. The summed E-state index contributed by atoms with van der Waals surface area (Å²) in [5, 5.41) is 0. The average molecular weight is 345 g/mol. The van der Waals surface area contributed by atoms with Crippen molar-refractivity contribution in [2.24, 2.45) is 0 Å². The van der Waals surface area contributed by atoms with E-state index < -0.39 is 0 Å². The number of hydrogen-bond acceptors (Lipinski definition) is 4. The number of hydrogen-bond donors (Lipinski definition) is 0. The molecule has 0 bridgehead atoms. The number of fused-ring (bicyclic) bond motifs is 1. The quantitative estimate of drug-likeness (QED) is 0.732. The summed E-state index contributed by atoms with van der Waals surface area (Å²) in [6.45, 7) is 1.64. The number of pyridine rings is 2. The molecule has 0 saturated heterocycles. The highest BCUT2D eigenvalue weighted by molar-refractivity contribution is 5.79. The molecular formula is C21H19N3O2. The minimum atomic E-state index is 0.0990. The van der Waals surface area contributed by atoms with Gasteiger partial charge in [0.25, 0.3) is 0 Å². The predicted octanol–water partition coefficient (Wildman–Crippen LogP) is 3.11. The SMILES string of the molecule is O=C(Cc1ccncc1)N1CCOc2ccc(-c3ccncc3)cc2C1. The summed E-state index contributed by atoms with van der Waals surface area (Å²) in [6.07, 6.45) is 7.36. The molecule has 3 aromatic rings. The molecule has 0 unspecified atom stereocenters. The van der Waals surface area contributed by atoms with Crippen molar-refractivity contribution in [1.29, 1.82) is 0 Å². The fourth-order valence-electron chi connectivity index (χ4n) is 3.12. The second-order valence-electron chi connectivity index (χ2n) is 6.25. The van der Waals surface area contributed by atoms with Crippen LogP contribution in [-0.2, 0) is 17.8 Å². The Balaban J connectivity index is 1.56. The second-order valence-corrected chi connectivity index (χ2v) is 6.25. The van der Waals surface area contributed by atoms with Crippen molar-refractivity contribution in [3.63, 3.8) is 0 Å². The van der Waals surface area contributed by atoms with E-state index in [0.29, 0.717) is 26.1 Å². The van der Waals surface area contributed by atoms with Crippen molar-refractivity contribution in [3.8, 4) is 16.9 Å². The zero-order chi connectivity index (χ0) is 17.8. The summed E-state index contributed by atoms with van der Waals surface area (Å²) >= 11 is 0. The van der Waals surface area contributed by atoms with E-state index in [-0.39, 0.29) is 5.91 Å². The van der Waals surface area contributed by atoms with Crippen LogP contribution in [0.25, 0.3) is 11.1 Å². The molecule has 0 atom stereocenters. The molecule has 0 radical (unpaired) electrons. The van der Waals surface area contributed by atoms with E-state index in [1.165, 1.54) is 0 Å². The summed E-state index contributed by atoms with van der Waals surface area (Å²) in [7, 11) is 0. The summed E-state index contributed by atoms with van der Waals surface area (Å²) < 4.78 is 5.85. The average Bonchev–Trinajstić information content (AvgIpc) is 2.91. The first-order valence-corrected chi connectivity index (χ1v) is 8.62. The van der Waals surface area contributed by atoms with Crippen molar-refractivity contribution in [2.45, 2.75) is 13.0 Å². The fraction of sp³-hybridized carbons (Fsp3) is 0.190. The van der Waals surface area contributed by atoms with Crippen LogP contribution in [0.1, 0.15) is 11.1 Å². The lowest BCUT2D eigenvalue weighted by molar-refractivity contribution is -0.131. The topological polar surface area (TPSA) is 55.3 Å². The van der Waals surface area contributed by atoms with Gasteiger partial charge in [0.15, 0.2) is 0 Å². The molecule has 0 saturated carbocycles. The highest BCUT2D eigenvalue weighted by Gasteiger charge is 2.20. The van der Waals surface area contributed by atoms with E-state index in [1.807, 2.05) is 41.3 Å². The van der Waals surface area contributed by atoms with Crippen LogP contribution >= 0.6 is 0 Å². The molecule has 4 rings (SSSR count). The van der Waals surface area contributed by atoms with Crippen molar-refractivity contribution in [3.05, 3.63) is 78.4 Å². The fourth-order valence-corrected chi connectivity index (χ4v) is 3.12. The van der Waals surface area contributed by atoms with E-state index in [0.717, 1.165) is 28.0 Å². The van der Waals surface area contributed by atoms with E-state index in [1.54, 1.807) is 24.8 Å². The molecule has 3 heterocycles. The molecule has 26 heavy (non-hydrogen) atoms. The van der Waals surface area contributed by atoms with Crippen LogP contribution in [0.2, 0.25) is 0 Å². The van der Waals surface area contributed by atoms with Gasteiger partial charge in [-0.1, -0.05) is 6.07 Å². The van der Waals surface area contributed by atoms with E-state index >= 15 is 0 Å². The number of benzene rings is 1. The summed E-state index contributed by atoms with van der Waals surface area (Å²) in [4.78, 5) is 22.7. The molecule has 0 fully saturated rings. The predicted molar refractivity (Wildman–Crippen MR) is 98.5 cm³/mol. The van der Waals surface area contributed by atoms with Crippen molar-refractivity contribution in [2.75, 3.05) is 13.2 Å². The normalized spacial score (nSPS) is 13.5. The number of nitrogens with zero attached hydrogens (tertiary/aromatic N) is 3. The zero-order valence-electron chi connectivity index (χ0n) is 14.3. The summed E-state index contributed by atoms with van der Waals surface area (Å²) in [6, 6.07) is 13.8. The third-order valence-electron chi connectivity index (χ3n) is 4.51. The molecule has 5 nitrogen and oxygen atoms in total. The maximum absolute atomic E-state index is 12.7. The Bertz CT molecular complexity index is 898. The summed E-state index contributed by atoms with van der Waals surface area (Å²) in [5.74, 6) is 0.948. The molecule has 5 heteroatoms. The molecular weight excluding hydrogens is 326 g/mol. The first-order chi connectivity index (χ1) is 12.8. The first kappa shape index (κ1) is 16.3. The number of carbonyl (C=O) groups is 1. The Labute approximate surface area is 152 Å². The van der Waals surface area contributed by atoms with Crippen molar-refractivity contribution < 1.29 is 9.53 Å². The molecule has 130 valence electrons. The minimum absolute atomic E-state index is 0.0990. The molecule has 1 aliphatic rings. The van der Waals surface area contributed by atoms with Gasteiger partial charge in [0, 0.05) is 36.9 Å². The molecule has 1 aromatic carbocycles. The van der Waals surface area contributed by atoms with Crippen molar-refractivity contribution in [1.82, 2.24) is 14.9 Å². The Kier molecular flexibility index (Phi) is 4.60. The molecule has 0 aliphatic carbocycles. The van der Waals surface area contributed by atoms with Gasteiger partial charge in [-0.25, -0.2) is 0 Å². The number of amides is 1. The van der Waals surface area contributed by atoms with Crippen LogP contribution in [-0.4, -0.2) is 33.9 Å². The van der Waals surface area contributed by atoms with Crippen molar-refractivity contribution >= 4 is 5.91 Å². The maximum atomic E-state index is 12.7. The number of carbonyl (C=O) groups excluding carboxylic acids is 1. The lowest BCUT2D eigenvalue weighted by Gasteiger charge is -2.20. The van der Waals surface area contributed by atoms with Gasteiger partial charge in [0.2, 0.25) is 5.91 Å². The first-order valence-electron chi connectivity index (χ1n) is 8.62. The van der Waals surface area contributed by atoms with E-state index in [4.69, 9.17) is 4.74 Å². The van der Waals surface area contributed by atoms with Crippen LogP contribution < -0.4 is 4.74 Å². The molecule has 1 amide bonds. The van der Waals surface area contributed by atoms with E-state index in [9.17, 15) is 4.79 Å². The van der Waals surface area contributed by atoms with Crippen LogP contribution in [0, 0.1) is 0 Å². The Hall–Kier alpha value is -3.21. The van der Waals surface area contributed by atoms with Gasteiger partial charge in [-0.15, -0.1) is 0 Å². The van der Waals surface area contributed by atoms with Gasteiger partial charge >= 0.3 is 0 Å². The summed E-state index contributed by atoms with van der Waals surface area (Å²) in [5.41, 5.74) is 4.20. The Morgan fingerprint density at radius 3 is 2.46 bits per heavy atom. The largest absolute Gasteiger partial charge is 0.491 e. The van der Waals surface area contributed by atoms with Crippen LogP contribution in [0.4, 0.5) is 0 Å². The Morgan fingerprint density at radius 2 is 1.69 bits per heavy atom. The van der Waals surface area contributed by atoms with Crippen LogP contribution in [0.3, 0.4) is 0 Å². The molecule has 2 aromatic heterocycles.